The fourth-order valence-electron chi connectivity index (χ4n) is 2.84. The van der Waals surface area contributed by atoms with Crippen molar-refractivity contribution in [3.8, 4) is 0 Å². The topological polar surface area (TPSA) is 104 Å². The van der Waals surface area contributed by atoms with Crippen LogP contribution < -0.4 is 10.6 Å². The van der Waals surface area contributed by atoms with Gasteiger partial charge in [0.1, 0.15) is 0 Å². The van der Waals surface area contributed by atoms with Crippen molar-refractivity contribution in [2.24, 2.45) is 5.92 Å². The summed E-state index contributed by atoms with van der Waals surface area (Å²) in [6.45, 7) is 0. The molecule has 7 nitrogen and oxygen atoms in total. The fourth-order valence-corrected chi connectivity index (χ4v) is 4.34. The normalized spacial score (nSPS) is 19.7. The van der Waals surface area contributed by atoms with E-state index in [1.165, 1.54) is 17.3 Å². The van der Waals surface area contributed by atoms with E-state index in [1.807, 2.05) is 30.3 Å². The first-order valence-electron chi connectivity index (χ1n) is 8.41. The Morgan fingerprint density at radius 3 is 2.62 bits per heavy atom. The van der Waals surface area contributed by atoms with E-state index >= 15 is 0 Å². The molecule has 3 rings (SSSR count). The van der Waals surface area contributed by atoms with Gasteiger partial charge in [-0.05, 0) is 31.2 Å². The second-order valence-corrected chi connectivity index (χ2v) is 7.84. The van der Waals surface area contributed by atoms with Gasteiger partial charge in [-0.2, -0.15) is 9.36 Å². The summed E-state index contributed by atoms with van der Waals surface area (Å²) in [6.07, 6.45) is 2.55. The number of carbonyl (C=O) groups is 2. The van der Waals surface area contributed by atoms with E-state index in [0.717, 1.165) is 17.3 Å². The lowest BCUT2D eigenvalue weighted by Crippen LogP contribution is -2.40. The number of rotatable bonds is 6. The van der Waals surface area contributed by atoms with Crippen LogP contribution in [0.4, 0.5) is 9.93 Å². The summed E-state index contributed by atoms with van der Waals surface area (Å²) in [5, 5.41) is 15.7. The summed E-state index contributed by atoms with van der Waals surface area (Å²) < 4.78 is 4.25. The molecule has 0 saturated heterocycles. The van der Waals surface area contributed by atoms with Gasteiger partial charge in [-0.15, -0.1) is 0 Å². The second kappa shape index (κ2) is 9.00. The van der Waals surface area contributed by atoms with E-state index in [4.69, 9.17) is 5.11 Å². The number of thioether (sulfide) groups is 1. The molecular weight excluding hydrogens is 372 g/mol. The van der Waals surface area contributed by atoms with E-state index in [0.29, 0.717) is 36.0 Å². The first-order chi connectivity index (χ1) is 12.6. The Balaban J connectivity index is 1.42. The van der Waals surface area contributed by atoms with Gasteiger partial charge in [0.05, 0.1) is 5.92 Å². The molecule has 1 heterocycles. The van der Waals surface area contributed by atoms with E-state index in [-0.39, 0.29) is 18.0 Å². The van der Waals surface area contributed by atoms with Crippen LogP contribution in [0.3, 0.4) is 0 Å². The number of carboxylic acids is 1. The minimum atomic E-state index is -0.748. The van der Waals surface area contributed by atoms with Crippen LogP contribution in [0.15, 0.2) is 35.5 Å². The van der Waals surface area contributed by atoms with Gasteiger partial charge in [0, 0.05) is 23.3 Å². The standard InChI is InChI=1S/C17H20N4O3S2/c22-14(23)12-6-8-13(9-7-12)18-15(24)19-16-20-17(21-26-16)25-10-11-4-2-1-3-5-11/h1-5,12-13H,6-10H2,(H,22,23)(H2,18,19,20,21,24). The van der Waals surface area contributed by atoms with E-state index < -0.39 is 5.97 Å². The van der Waals surface area contributed by atoms with Crippen LogP contribution >= 0.6 is 23.3 Å². The maximum Gasteiger partial charge on any atom is 0.321 e. The summed E-state index contributed by atoms with van der Waals surface area (Å²) in [5.74, 6) is -0.262. The Morgan fingerprint density at radius 2 is 1.92 bits per heavy atom. The first kappa shape index (κ1) is 18.7. The number of aromatic nitrogens is 2. The lowest BCUT2D eigenvalue weighted by Gasteiger charge is -2.26. The lowest BCUT2D eigenvalue weighted by atomic mass is 9.86. The third-order valence-corrected chi connectivity index (χ3v) is 5.91. The van der Waals surface area contributed by atoms with Crippen molar-refractivity contribution in [2.75, 3.05) is 5.32 Å². The molecule has 0 radical (unpaired) electrons. The van der Waals surface area contributed by atoms with Gasteiger partial charge in [-0.25, -0.2) is 4.79 Å². The van der Waals surface area contributed by atoms with Crippen molar-refractivity contribution >= 4 is 40.4 Å². The monoisotopic (exact) mass is 392 g/mol. The molecule has 0 spiro atoms. The quantitative estimate of drug-likeness (QED) is 0.649. The summed E-state index contributed by atoms with van der Waals surface area (Å²) in [5.41, 5.74) is 1.19. The molecule has 0 aliphatic heterocycles. The predicted molar refractivity (Wildman–Crippen MR) is 101 cm³/mol. The number of hydrogen-bond acceptors (Lipinski definition) is 6. The van der Waals surface area contributed by atoms with Gasteiger partial charge >= 0.3 is 12.0 Å². The fraction of sp³-hybridized carbons (Fsp3) is 0.412. The molecule has 0 atom stereocenters. The van der Waals surface area contributed by atoms with Crippen LogP contribution in [0.5, 0.6) is 0 Å². The largest absolute Gasteiger partial charge is 0.481 e. The number of anilines is 1. The zero-order valence-corrected chi connectivity index (χ0v) is 15.7. The maximum absolute atomic E-state index is 12.1. The molecule has 3 N–H and O–H groups in total. The van der Waals surface area contributed by atoms with Crippen LogP contribution in [0.2, 0.25) is 0 Å². The zero-order valence-electron chi connectivity index (χ0n) is 14.1. The second-order valence-electron chi connectivity index (χ2n) is 6.14. The summed E-state index contributed by atoms with van der Waals surface area (Å²) in [6, 6.07) is 9.74. The number of hydrogen-bond donors (Lipinski definition) is 3. The maximum atomic E-state index is 12.1. The number of carboxylic acid groups (broad SMARTS) is 1. The van der Waals surface area contributed by atoms with Gasteiger partial charge in [-0.1, -0.05) is 42.1 Å². The molecule has 138 valence electrons. The van der Waals surface area contributed by atoms with E-state index in [2.05, 4.69) is 20.0 Å². The summed E-state index contributed by atoms with van der Waals surface area (Å²) >= 11 is 2.67. The minimum Gasteiger partial charge on any atom is -0.481 e. The van der Waals surface area contributed by atoms with Crippen molar-refractivity contribution < 1.29 is 14.7 Å². The van der Waals surface area contributed by atoms with Gasteiger partial charge < -0.3 is 10.4 Å². The Morgan fingerprint density at radius 1 is 1.19 bits per heavy atom. The highest BCUT2D eigenvalue weighted by atomic mass is 32.2. The van der Waals surface area contributed by atoms with Crippen LogP contribution in [0.1, 0.15) is 31.2 Å². The summed E-state index contributed by atoms with van der Waals surface area (Å²) in [7, 11) is 0. The first-order valence-corrected chi connectivity index (χ1v) is 10.2. The molecule has 2 aromatic rings. The average molecular weight is 393 g/mol. The molecule has 0 bridgehead atoms. The Kier molecular flexibility index (Phi) is 6.45. The van der Waals surface area contributed by atoms with E-state index in [9.17, 15) is 9.59 Å². The number of amides is 2. The SMILES string of the molecule is O=C(Nc1nc(SCc2ccccc2)ns1)NC1CCC(C(=O)O)CC1. The van der Waals surface area contributed by atoms with Gasteiger partial charge in [0.15, 0.2) is 0 Å². The number of nitrogens with zero attached hydrogens (tertiary/aromatic N) is 2. The number of nitrogens with one attached hydrogen (secondary N) is 2. The van der Waals surface area contributed by atoms with Crippen LogP contribution in [-0.2, 0) is 10.5 Å². The van der Waals surface area contributed by atoms with Crippen molar-refractivity contribution in [1.82, 2.24) is 14.7 Å². The summed E-state index contributed by atoms with van der Waals surface area (Å²) in [4.78, 5) is 27.3. The molecule has 1 aliphatic rings. The number of urea groups is 1. The third-order valence-electron chi connectivity index (χ3n) is 4.25. The average Bonchev–Trinajstić information content (AvgIpc) is 3.08. The Labute approximate surface area is 159 Å². The van der Waals surface area contributed by atoms with Gasteiger partial charge in [0.2, 0.25) is 10.3 Å². The zero-order chi connectivity index (χ0) is 18.4. The lowest BCUT2D eigenvalue weighted by molar-refractivity contribution is -0.142. The molecule has 1 saturated carbocycles. The van der Waals surface area contributed by atoms with Gasteiger partial charge in [-0.3, -0.25) is 10.1 Å². The third kappa shape index (κ3) is 5.43. The molecule has 1 aromatic carbocycles. The number of carbonyl (C=O) groups excluding carboxylic acids is 1. The number of aliphatic carboxylic acids is 1. The molecule has 9 heteroatoms. The molecule has 2 amide bonds. The highest BCUT2D eigenvalue weighted by molar-refractivity contribution is 7.98. The highest BCUT2D eigenvalue weighted by Crippen LogP contribution is 2.25. The van der Waals surface area contributed by atoms with Crippen molar-refractivity contribution in [1.29, 1.82) is 0 Å². The molecule has 1 aromatic heterocycles. The van der Waals surface area contributed by atoms with Crippen molar-refractivity contribution in [3.63, 3.8) is 0 Å². The number of benzene rings is 1. The van der Waals surface area contributed by atoms with Crippen molar-refractivity contribution in [3.05, 3.63) is 35.9 Å². The highest BCUT2D eigenvalue weighted by Gasteiger charge is 2.26. The van der Waals surface area contributed by atoms with Crippen LogP contribution in [0.25, 0.3) is 0 Å². The van der Waals surface area contributed by atoms with E-state index in [1.54, 1.807) is 0 Å². The minimum absolute atomic E-state index is 0.00504. The van der Waals surface area contributed by atoms with Crippen LogP contribution in [-0.4, -0.2) is 32.5 Å². The smallest absolute Gasteiger partial charge is 0.321 e. The van der Waals surface area contributed by atoms with Crippen LogP contribution in [0, 0.1) is 5.92 Å². The molecule has 1 fully saturated rings. The molecule has 0 unspecified atom stereocenters. The Bertz CT molecular complexity index is 745. The molecule has 26 heavy (non-hydrogen) atoms. The van der Waals surface area contributed by atoms with Crippen molar-refractivity contribution in [2.45, 2.75) is 42.6 Å². The van der Waals surface area contributed by atoms with Gasteiger partial charge in [0.25, 0.3) is 0 Å². The predicted octanol–water partition coefficient (Wildman–Crippen LogP) is 3.60. The molecular formula is C17H20N4O3S2. The Hall–Kier alpha value is -2.13. The molecule has 1 aliphatic carbocycles.